The largest absolute Gasteiger partial charge is 0.466 e. The topological polar surface area (TPSA) is 95.9 Å². The van der Waals surface area contributed by atoms with E-state index in [9.17, 15) is 19.8 Å². The van der Waals surface area contributed by atoms with Gasteiger partial charge in [-0.1, -0.05) is 263 Å². The highest BCUT2D eigenvalue weighted by molar-refractivity contribution is 5.76. The van der Waals surface area contributed by atoms with Crippen molar-refractivity contribution in [3.8, 4) is 0 Å². The van der Waals surface area contributed by atoms with Gasteiger partial charge >= 0.3 is 5.97 Å². The average Bonchev–Trinajstić information content (AvgIpc) is 3.29. The molecule has 0 aromatic rings. The molecule has 0 aliphatic heterocycles. The highest BCUT2D eigenvalue weighted by atomic mass is 16.5. The van der Waals surface area contributed by atoms with Gasteiger partial charge in [-0.25, -0.2) is 0 Å². The third kappa shape index (κ3) is 49.8. The molecule has 0 spiro atoms. The fraction of sp³-hybridized carbons (Fsp3) is 0.897. The molecule has 1 amide bonds. The summed E-state index contributed by atoms with van der Waals surface area (Å²) in [6, 6.07) is -0.558. The lowest BCUT2D eigenvalue weighted by Gasteiger charge is -2.22. The number of unbranched alkanes of at least 4 members (excludes halogenated alkanes) is 39. The molecule has 0 rings (SSSR count). The summed E-state index contributed by atoms with van der Waals surface area (Å²) < 4.78 is 5.45. The summed E-state index contributed by atoms with van der Waals surface area (Å²) >= 11 is 0. The van der Waals surface area contributed by atoms with E-state index in [0.29, 0.717) is 25.9 Å². The average molecular weight is 903 g/mol. The molecule has 378 valence electrons. The van der Waals surface area contributed by atoms with Gasteiger partial charge in [-0.3, -0.25) is 9.59 Å². The van der Waals surface area contributed by atoms with Gasteiger partial charge in [0.2, 0.25) is 5.91 Å². The van der Waals surface area contributed by atoms with Crippen molar-refractivity contribution in [2.45, 2.75) is 321 Å². The van der Waals surface area contributed by atoms with Crippen molar-refractivity contribution in [1.82, 2.24) is 5.32 Å². The van der Waals surface area contributed by atoms with Gasteiger partial charge in [0.15, 0.2) is 0 Å². The summed E-state index contributed by atoms with van der Waals surface area (Å²) in [4.78, 5) is 24.5. The Hall–Kier alpha value is -1.66. The number of carbonyl (C=O) groups is 2. The summed E-state index contributed by atoms with van der Waals surface area (Å²) in [7, 11) is 0. The second-order valence-corrected chi connectivity index (χ2v) is 19.7. The van der Waals surface area contributed by atoms with Crippen molar-refractivity contribution in [3.63, 3.8) is 0 Å². The number of rotatable bonds is 53. The number of aliphatic hydroxyl groups is 2. The van der Waals surface area contributed by atoms with Crippen LogP contribution < -0.4 is 5.32 Å². The van der Waals surface area contributed by atoms with E-state index < -0.39 is 12.1 Å². The van der Waals surface area contributed by atoms with Crippen molar-refractivity contribution in [3.05, 3.63) is 24.3 Å². The van der Waals surface area contributed by atoms with Crippen LogP contribution in [-0.4, -0.2) is 47.4 Å². The van der Waals surface area contributed by atoms with Crippen LogP contribution in [-0.2, 0) is 14.3 Å². The van der Waals surface area contributed by atoms with Crippen LogP contribution in [0.5, 0.6) is 0 Å². The van der Waals surface area contributed by atoms with Crippen molar-refractivity contribution >= 4 is 11.9 Å². The maximum absolute atomic E-state index is 12.5. The Morgan fingerprint density at radius 2 is 0.766 bits per heavy atom. The van der Waals surface area contributed by atoms with E-state index in [1.165, 1.54) is 199 Å². The van der Waals surface area contributed by atoms with Crippen molar-refractivity contribution in [1.29, 1.82) is 0 Å². The molecule has 6 nitrogen and oxygen atoms in total. The van der Waals surface area contributed by atoms with E-state index >= 15 is 0 Å². The number of allylic oxidation sites excluding steroid dienone is 4. The van der Waals surface area contributed by atoms with Crippen molar-refractivity contribution < 1.29 is 24.5 Å². The first-order valence-corrected chi connectivity index (χ1v) is 28.6. The smallest absolute Gasteiger partial charge is 0.305 e. The molecular weight excluding hydrogens is 791 g/mol. The van der Waals surface area contributed by atoms with Crippen molar-refractivity contribution in [2.75, 3.05) is 13.2 Å². The number of ether oxygens (including phenoxy) is 1. The summed E-state index contributed by atoms with van der Waals surface area (Å²) in [6.45, 7) is 4.91. The van der Waals surface area contributed by atoms with Crippen LogP contribution in [0.4, 0.5) is 0 Å². The normalized spacial score (nSPS) is 12.8. The van der Waals surface area contributed by atoms with Gasteiger partial charge in [0.05, 0.1) is 25.4 Å². The van der Waals surface area contributed by atoms with Gasteiger partial charge in [-0.2, -0.15) is 0 Å². The van der Waals surface area contributed by atoms with Gasteiger partial charge in [0.25, 0.3) is 0 Å². The van der Waals surface area contributed by atoms with Gasteiger partial charge < -0.3 is 20.3 Å². The number of hydrogen-bond acceptors (Lipinski definition) is 5. The first kappa shape index (κ1) is 62.3. The monoisotopic (exact) mass is 902 g/mol. The molecule has 0 aromatic carbocycles. The van der Waals surface area contributed by atoms with Crippen molar-refractivity contribution in [2.24, 2.45) is 0 Å². The molecule has 3 N–H and O–H groups in total. The number of amides is 1. The second-order valence-electron chi connectivity index (χ2n) is 19.7. The minimum absolute atomic E-state index is 0.0190. The molecule has 0 aliphatic rings. The van der Waals surface area contributed by atoms with Gasteiger partial charge in [0, 0.05) is 12.8 Å². The molecule has 64 heavy (non-hydrogen) atoms. The highest BCUT2D eigenvalue weighted by Gasteiger charge is 2.20. The molecule has 0 aliphatic carbocycles. The van der Waals surface area contributed by atoms with Crippen LogP contribution in [0.3, 0.4) is 0 Å². The minimum Gasteiger partial charge on any atom is -0.466 e. The van der Waals surface area contributed by atoms with E-state index in [-0.39, 0.29) is 18.5 Å². The highest BCUT2D eigenvalue weighted by Crippen LogP contribution is 2.17. The number of hydrogen-bond donors (Lipinski definition) is 3. The zero-order chi connectivity index (χ0) is 46.5. The molecule has 0 radical (unpaired) electrons. The van der Waals surface area contributed by atoms with Crippen LogP contribution >= 0.6 is 0 Å². The Balaban J connectivity index is 3.51. The third-order valence-corrected chi connectivity index (χ3v) is 13.3. The minimum atomic E-state index is -0.678. The maximum atomic E-state index is 12.5. The lowest BCUT2D eigenvalue weighted by molar-refractivity contribution is -0.143. The Bertz CT molecular complexity index is 997. The first-order valence-electron chi connectivity index (χ1n) is 28.6. The Kier molecular flexibility index (Phi) is 52.6. The van der Waals surface area contributed by atoms with Crippen LogP contribution in [0.25, 0.3) is 0 Å². The predicted molar refractivity (Wildman–Crippen MR) is 278 cm³/mol. The first-order chi connectivity index (χ1) is 31.5. The lowest BCUT2D eigenvalue weighted by atomic mass is 10.0. The van der Waals surface area contributed by atoms with E-state index in [0.717, 1.165) is 77.0 Å². The summed E-state index contributed by atoms with van der Waals surface area (Å²) in [5, 5.41) is 23.3. The predicted octanol–water partition coefficient (Wildman–Crippen LogP) is 17.5. The maximum Gasteiger partial charge on any atom is 0.305 e. The SMILES string of the molecule is CCCCCCCCCCCCCCCCCCCCC(O)C(CO)NC(=O)CCCCCCCC/C=C\C=C/CCCCCOC(=O)CCCCCCCCCCCCCCCC. The van der Waals surface area contributed by atoms with E-state index in [2.05, 4.69) is 43.5 Å². The van der Waals surface area contributed by atoms with Crippen LogP contribution in [0.1, 0.15) is 309 Å². The van der Waals surface area contributed by atoms with Gasteiger partial charge in [-0.15, -0.1) is 0 Å². The number of carbonyl (C=O) groups excluding carboxylic acids is 2. The van der Waals surface area contributed by atoms with Crippen LogP contribution in [0.15, 0.2) is 24.3 Å². The molecule has 6 heteroatoms. The molecule has 2 atom stereocenters. The van der Waals surface area contributed by atoms with E-state index in [1.807, 2.05) is 0 Å². The molecular formula is C58H111NO5. The molecule has 0 fully saturated rings. The van der Waals surface area contributed by atoms with E-state index in [1.54, 1.807) is 0 Å². The molecule has 0 bridgehead atoms. The Labute approximate surface area is 399 Å². The summed E-state index contributed by atoms with van der Waals surface area (Å²) in [5.74, 6) is -0.0742. The van der Waals surface area contributed by atoms with Gasteiger partial charge in [-0.05, 0) is 57.8 Å². The zero-order valence-electron chi connectivity index (χ0n) is 43.0. The number of nitrogens with one attached hydrogen (secondary N) is 1. The molecule has 0 saturated heterocycles. The summed E-state index contributed by atoms with van der Waals surface area (Å²) in [6.07, 6.45) is 64.5. The Morgan fingerprint density at radius 3 is 1.16 bits per heavy atom. The second kappa shape index (κ2) is 54.0. The fourth-order valence-electron chi connectivity index (χ4n) is 8.87. The Morgan fingerprint density at radius 1 is 0.438 bits per heavy atom. The zero-order valence-corrected chi connectivity index (χ0v) is 43.0. The lowest BCUT2D eigenvalue weighted by Crippen LogP contribution is -2.45. The van der Waals surface area contributed by atoms with E-state index in [4.69, 9.17) is 4.74 Å². The third-order valence-electron chi connectivity index (χ3n) is 13.3. The quantitative estimate of drug-likeness (QED) is 0.0321. The van der Waals surface area contributed by atoms with Crippen LogP contribution in [0.2, 0.25) is 0 Å². The molecule has 0 aromatic heterocycles. The summed E-state index contributed by atoms with van der Waals surface area (Å²) in [5.41, 5.74) is 0. The standard InChI is InChI=1S/C58H111NO5/c1-3-5-7-9-11-13-15-17-19-20-21-23-26-30-34-38-42-46-50-56(61)55(54-60)59-57(62)51-47-43-39-35-31-27-24-22-25-29-33-37-41-45-49-53-64-58(63)52-48-44-40-36-32-28-18-16-14-12-10-8-6-4-2/h22,25,29,33,55-56,60-61H,3-21,23-24,26-28,30-32,34-54H2,1-2H3,(H,59,62)/b25-22-,33-29-. The molecule has 0 saturated carbocycles. The van der Waals surface area contributed by atoms with Crippen LogP contribution in [0, 0.1) is 0 Å². The van der Waals surface area contributed by atoms with Gasteiger partial charge in [0.1, 0.15) is 0 Å². The number of esters is 1. The molecule has 2 unspecified atom stereocenters. The number of aliphatic hydroxyl groups excluding tert-OH is 2. The molecule has 0 heterocycles. The fourth-order valence-corrected chi connectivity index (χ4v) is 8.87.